The van der Waals surface area contributed by atoms with Crippen LogP contribution >= 0.6 is 0 Å². The van der Waals surface area contributed by atoms with Gasteiger partial charge in [-0.25, -0.2) is 0 Å². The van der Waals surface area contributed by atoms with Crippen LogP contribution in [0.1, 0.15) is 13.8 Å². The van der Waals surface area contributed by atoms with Crippen LogP contribution in [-0.2, 0) is 0 Å². The van der Waals surface area contributed by atoms with Crippen molar-refractivity contribution in [3.63, 3.8) is 0 Å². The molecule has 11 heavy (non-hydrogen) atoms. The summed E-state index contributed by atoms with van der Waals surface area (Å²) in [6.07, 6.45) is 0. The van der Waals surface area contributed by atoms with Crippen LogP contribution in [0.4, 0.5) is 0 Å². The fraction of sp³-hybridized carbons (Fsp3) is 0.778. The summed E-state index contributed by atoms with van der Waals surface area (Å²) in [5.41, 5.74) is 6.92. The summed E-state index contributed by atoms with van der Waals surface area (Å²) in [6.45, 7) is 9.17. The predicted octanol–water partition coefficient (Wildman–Crippen LogP) is 1.04. The molecule has 1 aliphatic rings. The molecule has 0 radical (unpaired) electrons. The molecule has 0 aliphatic heterocycles. The minimum Gasteiger partial charge on any atom is -0.378 e. The van der Waals surface area contributed by atoms with Crippen LogP contribution in [0.5, 0.6) is 0 Å². The van der Waals surface area contributed by atoms with Crippen LogP contribution in [0.25, 0.3) is 0 Å². The van der Waals surface area contributed by atoms with Gasteiger partial charge < -0.3 is 10.6 Å². The lowest BCUT2D eigenvalue weighted by Gasteiger charge is -2.18. The van der Waals surface area contributed by atoms with Gasteiger partial charge in [-0.05, 0) is 18.8 Å². The Morgan fingerprint density at radius 2 is 2.09 bits per heavy atom. The Hall–Kier alpha value is -0.500. The van der Waals surface area contributed by atoms with Crippen molar-refractivity contribution in [1.82, 2.24) is 4.90 Å². The summed E-state index contributed by atoms with van der Waals surface area (Å²) in [6, 6.07) is 0.428. The first kappa shape index (κ1) is 8.60. The molecule has 0 spiro atoms. The smallest absolute Gasteiger partial charge is 0.0217 e. The molecule has 0 saturated heterocycles. The number of rotatable bonds is 3. The molecule has 2 heteroatoms. The SMILES string of the molecule is C=C(C)N(C)CC1C(C)C1N. The highest BCUT2D eigenvalue weighted by atomic mass is 15.1. The average Bonchev–Trinajstić information content (AvgIpc) is 2.45. The summed E-state index contributed by atoms with van der Waals surface area (Å²) in [4.78, 5) is 2.17. The third-order valence-corrected chi connectivity index (χ3v) is 2.77. The summed E-state index contributed by atoms with van der Waals surface area (Å²) in [7, 11) is 2.07. The summed E-state index contributed by atoms with van der Waals surface area (Å²) in [5, 5.41) is 0. The van der Waals surface area contributed by atoms with Gasteiger partial charge in [0.1, 0.15) is 0 Å². The standard InChI is InChI=1S/C9H18N2/c1-6(2)11(4)5-8-7(3)9(8)10/h7-9H,1,5,10H2,2-4H3. The molecule has 1 aliphatic carbocycles. The first-order chi connectivity index (χ1) is 5.04. The van der Waals surface area contributed by atoms with Crippen molar-refractivity contribution in [3.8, 4) is 0 Å². The Labute approximate surface area is 69.1 Å². The molecule has 0 bridgehead atoms. The van der Waals surface area contributed by atoms with Crippen molar-refractivity contribution in [2.24, 2.45) is 17.6 Å². The molecular formula is C9H18N2. The first-order valence-corrected chi connectivity index (χ1v) is 4.16. The molecule has 2 nitrogen and oxygen atoms in total. The zero-order chi connectivity index (χ0) is 8.59. The van der Waals surface area contributed by atoms with Crippen LogP contribution < -0.4 is 5.73 Å². The maximum absolute atomic E-state index is 5.80. The van der Waals surface area contributed by atoms with Gasteiger partial charge in [0.15, 0.2) is 0 Å². The molecule has 2 N–H and O–H groups in total. The summed E-state index contributed by atoms with van der Waals surface area (Å²) in [5.74, 6) is 1.40. The van der Waals surface area contributed by atoms with Gasteiger partial charge in [0.2, 0.25) is 0 Å². The van der Waals surface area contributed by atoms with E-state index in [1.807, 2.05) is 6.92 Å². The number of hydrogen-bond donors (Lipinski definition) is 1. The Morgan fingerprint density at radius 3 is 2.36 bits per heavy atom. The minimum atomic E-state index is 0.428. The molecule has 0 aromatic rings. The van der Waals surface area contributed by atoms with Gasteiger partial charge in [0.25, 0.3) is 0 Å². The van der Waals surface area contributed by atoms with Gasteiger partial charge in [-0.2, -0.15) is 0 Å². The van der Waals surface area contributed by atoms with Gasteiger partial charge in [-0.3, -0.25) is 0 Å². The van der Waals surface area contributed by atoms with E-state index in [4.69, 9.17) is 5.73 Å². The molecule has 1 saturated carbocycles. The van der Waals surface area contributed by atoms with E-state index in [2.05, 4.69) is 25.5 Å². The van der Waals surface area contributed by atoms with Crippen molar-refractivity contribution >= 4 is 0 Å². The lowest BCUT2D eigenvalue weighted by Crippen LogP contribution is -2.20. The average molecular weight is 154 g/mol. The monoisotopic (exact) mass is 154 g/mol. The predicted molar refractivity (Wildman–Crippen MR) is 48.1 cm³/mol. The molecular weight excluding hydrogens is 136 g/mol. The molecule has 0 heterocycles. The highest BCUT2D eigenvalue weighted by molar-refractivity contribution is 5.01. The van der Waals surface area contributed by atoms with Gasteiger partial charge in [-0.15, -0.1) is 0 Å². The second-order valence-corrected chi connectivity index (χ2v) is 3.72. The van der Waals surface area contributed by atoms with Crippen molar-refractivity contribution < 1.29 is 0 Å². The number of hydrogen-bond acceptors (Lipinski definition) is 2. The van der Waals surface area contributed by atoms with E-state index >= 15 is 0 Å². The van der Waals surface area contributed by atoms with E-state index in [9.17, 15) is 0 Å². The van der Waals surface area contributed by atoms with Gasteiger partial charge in [0.05, 0.1) is 0 Å². The van der Waals surface area contributed by atoms with Crippen molar-refractivity contribution in [1.29, 1.82) is 0 Å². The molecule has 3 atom stereocenters. The third kappa shape index (κ3) is 1.74. The van der Waals surface area contributed by atoms with E-state index in [0.717, 1.165) is 12.2 Å². The van der Waals surface area contributed by atoms with E-state index in [0.29, 0.717) is 17.9 Å². The lowest BCUT2D eigenvalue weighted by molar-refractivity contribution is 0.389. The van der Waals surface area contributed by atoms with Crippen molar-refractivity contribution in [2.45, 2.75) is 19.9 Å². The molecule has 0 aromatic heterocycles. The number of allylic oxidation sites excluding steroid dienone is 1. The highest BCUT2D eigenvalue weighted by Crippen LogP contribution is 2.37. The van der Waals surface area contributed by atoms with E-state index in [1.54, 1.807) is 0 Å². The van der Waals surface area contributed by atoms with E-state index in [-0.39, 0.29) is 0 Å². The van der Waals surface area contributed by atoms with Crippen LogP contribution in [0.15, 0.2) is 12.3 Å². The minimum absolute atomic E-state index is 0.428. The zero-order valence-electron chi connectivity index (χ0n) is 7.67. The molecule has 1 fully saturated rings. The van der Waals surface area contributed by atoms with Crippen LogP contribution in [0.3, 0.4) is 0 Å². The number of nitrogens with zero attached hydrogens (tertiary/aromatic N) is 1. The van der Waals surface area contributed by atoms with Gasteiger partial charge in [0, 0.05) is 25.3 Å². The lowest BCUT2D eigenvalue weighted by atomic mass is 10.3. The molecule has 0 amide bonds. The Balaban J connectivity index is 2.28. The fourth-order valence-corrected chi connectivity index (χ4v) is 1.34. The molecule has 0 aromatic carbocycles. The second kappa shape index (κ2) is 2.86. The van der Waals surface area contributed by atoms with Gasteiger partial charge >= 0.3 is 0 Å². The topological polar surface area (TPSA) is 29.3 Å². The van der Waals surface area contributed by atoms with Crippen LogP contribution in [0.2, 0.25) is 0 Å². The van der Waals surface area contributed by atoms with Crippen molar-refractivity contribution in [2.75, 3.05) is 13.6 Å². The Morgan fingerprint density at radius 1 is 1.64 bits per heavy atom. The Bertz CT molecular complexity index is 157. The van der Waals surface area contributed by atoms with E-state index in [1.165, 1.54) is 0 Å². The fourth-order valence-electron chi connectivity index (χ4n) is 1.34. The highest BCUT2D eigenvalue weighted by Gasteiger charge is 2.43. The molecule has 64 valence electrons. The Kier molecular flexibility index (Phi) is 2.23. The summed E-state index contributed by atoms with van der Waals surface area (Å²) >= 11 is 0. The van der Waals surface area contributed by atoms with Crippen molar-refractivity contribution in [3.05, 3.63) is 12.3 Å². The summed E-state index contributed by atoms with van der Waals surface area (Å²) < 4.78 is 0. The second-order valence-electron chi connectivity index (χ2n) is 3.72. The largest absolute Gasteiger partial charge is 0.378 e. The molecule has 3 unspecified atom stereocenters. The van der Waals surface area contributed by atoms with E-state index < -0.39 is 0 Å². The zero-order valence-corrected chi connectivity index (χ0v) is 7.67. The first-order valence-electron chi connectivity index (χ1n) is 4.16. The maximum Gasteiger partial charge on any atom is 0.0217 e. The van der Waals surface area contributed by atoms with Crippen LogP contribution in [-0.4, -0.2) is 24.5 Å². The van der Waals surface area contributed by atoms with Crippen LogP contribution in [0, 0.1) is 11.8 Å². The molecule has 1 rings (SSSR count). The number of nitrogens with two attached hydrogens (primary N) is 1. The third-order valence-electron chi connectivity index (χ3n) is 2.77. The van der Waals surface area contributed by atoms with Gasteiger partial charge in [-0.1, -0.05) is 13.5 Å². The quantitative estimate of drug-likeness (QED) is 0.658. The maximum atomic E-state index is 5.80. The normalized spacial score (nSPS) is 35.1.